The van der Waals surface area contributed by atoms with E-state index in [1.54, 1.807) is 45.3 Å². The molecule has 0 fully saturated rings. The summed E-state index contributed by atoms with van der Waals surface area (Å²) in [5.41, 5.74) is 30.3. The van der Waals surface area contributed by atoms with Gasteiger partial charge in [-0.1, -0.05) is 13.8 Å². The third-order valence-electron chi connectivity index (χ3n) is 21.5. The number of hydrogen-bond acceptors (Lipinski definition) is 20. The number of hydrogen-bond donors (Lipinski definition) is 6. The van der Waals surface area contributed by atoms with Crippen LogP contribution in [-0.2, 0) is 91.7 Å². The molecular weight excluding hydrogens is 1450 g/mol. The van der Waals surface area contributed by atoms with Crippen LogP contribution in [0.25, 0.3) is 44.6 Å². The van der Waals surface area contributed by atoms with E-state index < -0.39 is 77.0 Å². The molecule has 4 aliphatic heterocycles. The number of pyridine rings is 4. The quantitative estimate of drug-likeness (QED) is 0.0296. The smallest absolute Gasteiger partial charge is 0.458 e. The van der Waals surface area contributed by atoms with E-state index in [0.717, 1.165) is 33.7 Å². The van der Waals surface area contributed by atoms with Crippen LogP contribution >= 0.6 is 12.4 Å². The Morgan fingerprint density at radius 3 is 1.36 bits per heavy atom. The standard InChI is InChI=1S/C26H21F4N3O5.C24H22FN3O4.C13H12F4N2O2.C11H13FN2O.ClH/c1-3-25(36)15-6-19-22-13(8-33(19)23(34)14(15)9-37-24(25)35)21-17(31-10-38-26(28,29)30)5-4-12-11(2)16(27)7-18(32-22)20(12)21;1-3-24(31)14-6-18-21-12(8-28(18)22(29)13(14)9-32-23(24)30)19-16(26)5-4-11-10(2)15(25)7-17(27-21)20(11)19;1-6-7-2-3-10(19-5-21-13(15,16)17)12(20)11(7)9(18)4-8(6)14;1-5-6-2-3-8(13)11(15)10(6)9(14)4-7(5)12;/h6-7,10,17,36H,3-5,8-9H2,1-2H3;6-7,16,31H,3-5,8-9,26H2,1-2H3;4-5,10H,2-3,18H2,1H3;4,8H,2-3,13-14H2,1H3;1H/t17?,25-;16?,24-;;;/m00.../s1. The number of Topliss-reactive ketones (excluding diaryl/α,β-unsaturated/α-hetero) is 2. The number of carbonyl (C=O) groups is 4. The van der Waals surface area contributed by atoms with Crippen LogP contribution in [0.2, 0.25) is 0 Å². The maximum Gasteiger partial charge on any atom is 0.573 e. The van der Waals surface area contributed by atoms with Gasteiger partial charge in [0.25, 0.3) is 11.1 Å². The number of aryl methyl sites for hydroxylation is 2. The van der Waals surface area contributed by atoms with Gasteiger partial charge in [-0.15, -0.1) is 38.7 Å². The number of anilines is 2. The van der Waals surface area contributed by atoms with Gasteiger partial charge in [0.1, 0.15) is 42.5 Å². The van der Waals surface area contributed by atoms with Gasteiger partial charge in [0.05, 0.1) is 70.1 Å². The number of cyclic esters (lactones) is 2. The zero-order chi connectivity index (χ0) is 76.6. The average Bonchev–Trinajstić information content (AvgIpc) is 1.57. The number of nitrogens with zero attached hydrogens (tertiary/aromatic N) is 6. The van der Waals surface area contributed by atoms with Gasteiger partial charge in [0.2, 0.25) is 0 Å². The number of nitrogens with two attached hydrogens (primary N) is 4. The molecule has 4 unspecified atom stereocenters. The Balaban J connectivity index is 0.000000140. The van der Waals surface area contributed by atoms with Crippen molar-refractivity contribution in [2.75, 3.05) is 11.5 Å². The Labute approximate surface area is 607 Å². The Hall–Kier alpha value is -10.2. The SMILES string of the molecule is CC[C@@]1(O)C(=O)OCc2c1cc1n(c2=O)Cc2c-1nc1cc(F)c(C)c3c1c2C(N)CC3.CC[C@@]1(O)C(=O)OCc2c1cc1n(c2=O)Cc2c-1nc1cc(F)c(C)c3c1c2C(N=COC(F)(F)F)CC3.Cc1c(F)cc(N)c2c1CCC(N)C2=O.Cc1c(F)cc(N)c2c1CCC(N=COC(F)(F)F)C2=O.Cl. The fourth-order valence-electron chi connectivity index (χ4n) is 15.8. The molecule has 33 heteroatoms. The zero-order valence-corrected chi connectivity index (χ0v) is 58.8. The molecule has 8 heterocycles. The van der Waals surface area contributed by atoms with Gasteiger partial charge < -0.3 is 61.2 Å². The number of ether oxygens (including phenoxy) is 4. The summed E-state index contributed by atoms with van der Waals surface area (Å²) in [5, 5.41) is 23.6. The van der Waals surface area contributed by atoms with E-state index in [2.05, 4.69) is 24.4 Å². The van der Waals surface area contributed by atoms with E-state index in [0.29, 0.717) is 135 Å². The minimum absolute atomic E-state index is 0. The number of fused-ring (bicyclic) bond motifs is 12. The number of esters is 2. The molecule has 6 atom stereocenters. The molecule has 4 aromatic heterocycles. The summed E-state index contributed by atoms with van der Waals surface area (Å²) in [7, 11) is 0. The monoisotopic (exact) mass is 1510 g/mol. The number of carbonyl (C=O) groups excluding carboxylic acids is 4. The number of aliphatic hydroxyl groups is 2. The van der Waals surface area contributed by atoms with E-state index in [9.17, 15) is 82.9 Å². The van der Waals surface area contributed by atoms with Crippen LogP contribution in [0.3, 0.4) is 0 Å². The van der Waals surface area contributed by atoms with Gasteiger partial charge in [-0.3, -0.25) is 24.2 Å². The van der Waals surface area contributed by atoms with Gasteiger partial charge in [-0.05, 0) is 172 Å². The highest BCUT2D eigenvalue weighted by atomic mass is 35.5. The number of nitrogen functional groups attached to an aromatic ring is 2. The summed E-state index contributed by atoms with van der Waals surface area (Å²) in [4.78, 5) is 92.6. The lowest BCUT2D eigenvalue weighted by atomic mass is 9.82. The Kier molecular flexibility index (Phi) is 19.9. The van der Waals surface area contributed by atoms with Gasteiger partial charge in [-0.2, -0.15) is 0 Å². The average molecular weight is 1520 g/mol. The number of ketones is 2. The van der Waals surface area contributed by atoms with Crippen molar-refractivity contribution < 1.29 is 92.2 Å². The maximum atomic E-state index is 14.9. The van der Waals surface area contributed by atoms with Crippen molar-refractivity contribution in [1.82, 2.24) is 19.1 Å². The van der Waals surface area contributed by atoms with E-state index in [1.807, 2.05) is 0 Å². The van der Waals surface area contributed by atoms with Crippen molar-refractivity contribution in [3.8, 4) is 22.8 Å². The minimum Gasteiger partial charge on any atom is -0.458 e. The first-order chi connectivity index (χ1) is 49.9. The second kappa shape index (κ2) is 27.9. The Bertz CT molecular complexity index is 5370. The van der Waals surface area contributed by atoms with Crippen LogP contribution in [0.1, 0.15) is 174 Å². The third kappa shape index (κ3) is 12.9. The van der Waals surface area contributed by atoms with E-state index in [1.165, 1.54) is 35.8 Å². The number of alkyl halides is 6. The topological polar surface area (TPSA) is 344 Å². The molecular formula is C74H69ClF10N10O12. The zero-order valence-electron chi connectivity index (χ0n) is 58.0. The van der Waals surface area contributed by atoms with E-state index in [4.69, 9.17) is 37.4 Å². The molecule has 0 amide bonds. The third-order valence-corrected chi connectivity index (χ3v) is 21.5. The minimum atomic E-state index is -4.90. The number of aliphatic imine (C=N–C) groups is 2. The molecule has 0 radical (unpaired) electrons. The van der Waals surface area contributed by atoms with Crippen molar-refractivity contribution in [2.24, 2.45) is 21.5 Å². The predicted octanol–water partition coefficient (Wildman–Crippen LogP) is 10.9. The van der Waals surface area contributed by atoms with E-state index in [-0.39, 0.29) is 138 Å². The second-order valence-electron chi connectivity index (χ2n) is 27.2. The van der Waals surface area contributed by atoms with Gasteiger partial charge in [0, 0.05) is 73.7 Å². The molecule has 8 aromatic rings. The summed E-state index contributed by atoms with van der Waals surface area (Å²) < 4.78 is 150. The molecule has 4 aromatic carbocycles. The van der Waals surface area contributed by atoms with Crippen molar-refractivity contribution in [2.45, 2.75) is 180 Å². The lowest BCUT2D eigenvalue weighted by Crippen LogP contribution is -2.44. The van der Waals surface area contributed by atoms with Crippen molar-refractivity contribution in [1.29, 1.82) is 0 Å². The normalized spacial score (nSPS) is 21.2. The molecule has 22 nitrogen and oxygen atoms in total. The van der Waals surface area contributed by atoms with E-state index >= 15 is 0 Å². The molecule has 8 aliphatic rings. The van der Waals surface area contributed by atoms with Crippen LogP contribution in [0.5, 0.6) is 0 Å². The first-order valence-corrected chi connectivity index (χ1v) is 33.8. The molecule has 10 N–H and O–H groups in total. The van der Waals surface area contributed by atoms with Gasteiger partial charge >= 0.3 is 24.7 Å². The number of rotatable bonds is 6. The van der Waals surface area contributed by atoms with Crippen LogP contribution < -0.4 is 34.1 Å². The summed E-state index contributed by atoms with van der Waals surface area (Å²) in [6.07, 6.45) is -5.45. The molecule has 564 valence electrons. The summed E-state index contributed by atoms with van der Waals surface area (Å²) in [5.74, 6) is -3.98. The highest BCUT2D eigenvalue weighted by Gasteiger charge is 2.48. The highest BCUT2D eigenvalue weighted by molar-refractivity contribution is 6.08. The van der Waals surface area contributed by atoms with Crippen LogP contribution in [0, 0.1) is 51.0 Å². The Morgan fingerprint density at radius 2 is 0.907 bits per heavy atom. The highest BCUT2D eigenvalue weighted by Crippen LogP contribution is 2.49. The van der Waals surface area contributed by atoms with Crippen LogP contribution in [0.15, 0.2) is 56.0 Å². The fraction of sp³-hybridized carbons (Fsp3) is 0.378. The Morgan fingerprint density at radius 1 is 0.533 bits per heavy atom. The number of aromatic nitrogens is 4. The largest absolute Gasteiger partial charge is 0.573 e. The van der Waals surface area contributed by atoms with Crippen molar-refractivity contribution in [3.63, 3.8) is 0 Å². The molecule has 107 heavy (non-hydrogen) atoms. The first kappa shape index (κ1) is 76.5. The number of halogens is 11. The molecule has 0 bridgehead atoms. The lowest BCUT2D eigenvalue weighted by molar-refractivity contribution is -0.281. The van der Waals surface area contributed by atoms with Crippen molar-refractivity contribution >= 4 is 81.9 Å². The molecule has 4 aliphatic carbocycles. The summed E-state index contributed by atoms with van der Waals surface area (Å²) >= 11 is 0. The van der Waals surface area contributed by atoms with Crippen LogP contribution in [0.4, 0.5) is 55.3 Å². The molecule has 0 saturated carbocycles. The number of benzene rings is 4. The summed E-state index contributed by atoms with van der Waals surface area (Å²) in [6, 6.07) is 5.60. The maximum absolute atomic E-state index is 14.9. The first-order valence-electron chi connectivity index (χ1n) is 33.8. The van der Waals surface area contributed by atoms with Gasteiger partial charge in [0.15, 0.2) is 35.6 Å². The second-order valence-corrected chi connectivity index (χ2v) is 27.2. The predicted molar refractivity (Wildman–Crippen MR) is 371 cm³/mol. The lowest BCUT2D eigenvalue weighted by Gasteiger charge is -2.31. The molecule has 16 rings (SSSR count). The summed E-state index contributed by atoms with van der Waals surface area (Å²) in [6.45, 7) is 9.69. The van der Waals surface area contributed by atoms with Gasteiger partial charge in [-0.25, -0.2) is 42.1 Å². The fourth-order valence-corrected chi connectivity index (χ4v) is 15.8. The molecule has 0 saturated heterocycles. The van der Waals surface area contributed by atoms with Crippen LogP contribution in [-0.4, -0.2) is 90.4 Å². The van der Waals surface area contributed by atoms with Crippen molar-refractivity contribution in [3.05, 3.63) is 181 Å². The molecule has 0 spiro atoms.